The summed E-state index contributed by atoms with van der Waals surface area (Å²) in [4.78, 5) is 27.2. The second-order valence-corrected chi connectivity index (χ2v) is 7.22. The fourth-order valence-electron chi connectivity index (χ4n) is 1.74. The lowest BCUT2D eigenvalue weighted by molar-refractivity contribution is -0.117. The van der Waals surface area contributed by atoms with Crippen molar-refractivity contribution in [3.63, 3.8) is 0 Å². The van der Waals surface area contributed by atoms with E-state index in [1.165, 1.54) is 6.92 Å². The van der Waals surface area contributed by atoms with Crippen molar-refractivity contribution in [3.8, 4) is 5.75 Å². The van der Waals surface area contributed by atoms with Gasteiger partial charge in [-0.15, -0.1) is 0 Å². The number of nitrogens with one attached hydrogen (secondary N) is 1. The highest BCUT2D eigenvalue weighted by atomic mass is 79.9. The predicted molar refractivity (Wildman–Crippen MR) is 99.4 cm³/mol. The van der Waals surface area contributed by atoms with Gasteiger partial charge < -0.3 is 10.1 Å². The standard InChI is InChI=1S/C15H12Br2N2O3S/c1-3-4-22-13-9(5-10(16)7-11(13)17)6-12-14(21)19-15(23-12)18-8(2)20/h3,5-7H,1,4H2,2H3,(H,18,19,20,21). The number of thioether (sulfide) groups is 1. The predicted octanol–water partition coefficient (Wildman–Crippen LogP) is 3.88. The quantitative estimate of drug-likeness (QED) is 0.547. The molecule has 1 N–H and O–H groups in total. The average molecular weight is 460 g/mol. The van der Waals surface area contributed by atoms with Crippen molar-refractivity contribution < 1.29 is 14.3 Å². The zero-order valence-corrected chi connectivity index (χ0v) is 16.0. The van der Waals surface area contributed by atoms with Crippen molar-refractivity contribution in [2.75, 3.05) is 6.61 Å². The number of carbonyl (C=O) groups excluding carboxylic acids is 2. The lowest BCUT2D eigenvalue weighted by atomic mass is 10.2. The van der Waals surface area contributed by atoms with Gasteiger partial charge in [-0.25, -0.2) is 0 Å². The van der Waals surface area contributed by atoms with Crippen LogP contribution in [0.4, 0.5) is 0 Å². The maximum Gasteiger partial charge on any atom is 0.286 e. The van der Waals surface area contributed by atoms with Crippen LogP contribution in [0, 0.1) is 0 Å². The molecule has 0 atom stereocenters. The third-order valence-electron chi connectivity index (χ3n) is 2.57. The molecular weight excluding hydrogens is 448 g/mol. The number of nitrogens with zero attached hydrogens (tertiary/aromatic N) is 1. The van der Waals surface area contributed by atoms with Crippen LogP contribution < -0.4 is 10.1 Å². The molecule has 0 saturated carbocycles. The topological polar surface area (TPSA) is 67.8 Å². The number of ether oxygens (including phenoxy) is 1. The van der Waals surface area contributed by atoms with E-state index in [9.17, 15) is 9.59 Å². The molecule has 0 radical (unpaired) electrons. The Hall–Kier alpha value is -1.38. The van der Waals surface area contributed by atoms with E-state index in [4.69, 9.17) is 4.74 Å². The lowest BCUT2D eigenvalue weighted by Gasteiger charge is -2.11. The van der Waals surface area contributed by atoms with Gasteiger partial charge in [-0.3, -0.25) is 9.59 Å². The zero-order valence-electron chi connectivity index (χ0n) is 12.1. The van der Waals surface area contributed by atoms with E-state index >= 15 is 0 Å². The number of amides is 2. The molecule has 1 aliphatic rings. The summed E-state index contributed by atoms with van der Waals surface area (Å²) in [5, 5.41) is 2.78. The number of aliphatic imine (C=N–C) groups is 1. The maximum atomic E-state index is 12.0. The molecule has 1 heterocycles. The van der Waals surface area contributed by atoms with Crippen LogP contribution in [0.5, 0.6) is 5.75 Å². The Morgan fingerprint density at radius 3 is 2.87 bits per heavy atom. The van der Waals surface area contributed by atoms with Crippen molar-refractivity contribution >= 4 is 66.7 Å². The highest BCUT2D eigenvalue weighted by Crippen LogP contribution is 2.36. The minimum absolute atomic E-state index is 0.273. The van der Waals surface area contributed by atoms with Gasteiger partial charge in [0.2, 0.25) is 5.91 Å². The molecule has 0 saturated heterocycles. The fourth-order valence-corrected chi connectivity index (χ4v) is 3.96. The summed E-state index contributed by atoms with van der Waals surface area (Å²) in [6.45, 7) is 5.33. The first kappa shape index (κ1) is 18.0. The first-order valence-electron chi connectivity index (χ1n) is 6.43. The van der Waals surface area contributed by atoms with Gasteiger partial charge in [0.25, 0.3) is 5.91 Å². The Morgan fingerprint density at radius 2 is 2.22 bits per heavy atom. The molecule has 0 aromatic heterocycles. The van der Waals surface area contributed by atoms with E-state index < -0.39 is 5.91 Å². The van der Waals surface area contributed by atoms with Crippen LogP contribution in [0.25, 0.3) is 6.08 Å². The Bertz CT molecular complexity index is 744. The Morgan fingerprint density at radius 1 is 1.48 bits per heavy atom. The molecule has 1 aliphatic heterocycles. The molecule has 5 nitrogen and oxygen atoms in total. The zero-order chi connectivity index (χ0) is 17.0. The van der Waals surface area contributed by atoms with E-state index in [1.807, 2.05) is 12.1 Å². The summed E-state index contributed by atoms with van der Waals surface area (Å²) in [7, 11) is 0. The van der Waals surface area contributed by atoms with Crippen molar-refractivity contribution in [3.05, 3.63) is 44.2 Å². The molecule has 8 heteroatoms. The van der Waals surface area contributed by atoms with Gasteiger partial charge in [-0.1, -0.05) is 28.6 Å². The van der Waals surface area contributed by atoms with E-state index in [1.54, 1.807) is 12.2 Å². The molecule has 120 valence electrons. The molecule has 2 amide bonds. The van der Waals surface area contributed by atoms with Gasteiger partial charge >= 0.3 is 0 Å². The second-order valence-electron chi connectivity index (χ2n) is 4.42. The molecule has 0 aliphatic carbocycles. The third-order valence-corrected chi connectivity index (χ3v) is 4.52. The van der Waals surface area contributed by atoms with Crippen LogP contribution in [0.3, 0.4) is 0 Å². The summed E-state index contributed by atoms with van der Waals surface area (Å²) >= 11 is 7.96. The second kappa shape index (κ2) is 7.94. The minimum Gasteiger partial charge on any atom is -0.488 e. The normalized spacial score (nSPS) is 15.5. The molecule has 2 rings (SSSR count). The van der Waals surface area contributed by atoms with E-state index in [0.717, 1.165) is 20.7 Å². The molecule has 0 fully saturated rings. The van der Waals surface area contributed by atoms with Gasteiger partial charge in [0.05, 0.1) is 9.38 Å². The number of rotatable bonds is 4. The smallest absolute Gasteiger partial charge is 0.286 e. The maximum absolute atomic E-state index is 12.0. The van der Waals surface area contributed by atoms with Crippen LogP contribution >= 0.6 is 43.6 Å². The van der Waals surface area contributed by atoms with Crippen LogP contribution in [0.15, 0.2) is 43.6 Å². The number of amidine groups is 1. The first-order chi connectivity index (χ1) is 10.9. The Labute approximate surface area is 154 Å². The van der Waals surface area contributed by atoms with Crippen molar-refractivity contribution in [1.82, 2.24) is 5.32 Å². The van der Waals surface area contributed by atoms with E-state index in [-0.39, 0.29) is 11.1 Å². The van der Waals surface area contributed by atoms with Gasteiger partial charge in [0.15, 0.2) is 5.17 Å². The van der Waals surface area contributed by atoms with Crippen molar-refractivity contribution in [2.24, 2.45) is 4.99 Å². The van der Waals surface area contributed by atoms with Gasteiger partial charge in [-0.05, 0) is 45.9 Å². The Balaban J connectivity index is 2.34. The SMILES string of the molecule is C=CCOc1c(Br)cc(Br)cc1C=C1SC(NC(C)=O)=NC1=O. The van der Waals surface area contributed by atoms with Crippen LogP contribution in [-0.4, -0.2) is 23.6 Å². The molecular formula is C15H12Br2N2O3S. The molecule has 0 bridgehead atoms. The highest BCUT2D eigenvalue weighted by Gasteiger charge is 2.23. The van der Waals surface area contributed by atoms with Gasteiger partial charge in [-0.2, -0.15) is 4.99 Å². The summed E-state index contributed by atoms with van der Waals surface area (Å²) in [6, 6.07) is 3.68. The minimum atomic E-state index is -0.399. The average Bonchev–Trinajstić information content (AvgIpc) is 2.76. The fraction of sp³-hybridized carbons (Fsp3) is 0.133. The van der Waals surface area contributed by atoms with Crippen LogP contribution in [-0.2, 0) is 9.59 Å². The number of hydrogen-bond acceptors (Lipinski definition) is 4. The molecule has 0 unspecified atom stereocenters. The molecule has 0 spiro atoms. The van der Waals surface area contributed by atoms with Crippen LogP contribution in [0.2, 0.25) is 0 Å². The first-order valence-corrected chi connectivity index (χ1v) is 8.84. The Kier molecular flexibility index (Phi) is 6.20. The van der Waals surface area contributed by atoms with Crippen LogP contribution in [0.1, 0.15) is 12.5 Å². The van der Waals surface area contributed by atoms with Gasteiger partial charge in [0.1, 0.15) is 12.4 Å². The molecule has 23 heavy (non-hydrogen) atoms. The summed E-state index contributed by atoms with van der Waals surface area (Å²) in [5.41, 5.74) is 0.711. The number of hydrogen-bond donors (Lipinski definition) is 1. The van der Waals surface area contributed by atoms with Crippen molar-refractivity contribution in [2.45, 2.75) is 6.92 Å². The largest absolute Gasteiger partial charge is 0.488 e. The van der Waals surface area contributed by atoms with E-state index in [0.29, 0.717) is 22.8 Å². The van der Waals surface area contributed by atoms with Crippen molar-refractivity contribution in [1.29, 1.82) is 0 Å². The van der Waals surface area contributed by atoms with E-state index in [2.05, 4.69) is 48.7 Å². The highest BCUT2D eigenvalue weighted by molar-refractivity contribution is 9.11. The van der Waals surface area contributed by atoms with Gasteiger partial charge in [0, 0.05) is 17.0 Å². The number of benzene rings is 1. The number of halogens is 2. The molecule has 1 aromatic rings. The summed E-state index contributed by atoms with van der Waals surface area (Å²) in [6.07, 6.45) is 3.32. The number of carbonyl (C=O) groups is 2. The summed E-state index contributed by atoms with van der Waals surface area (Å²) < 4.78 is 7.23. The monoisotopic (exact) mass is 458 g/mol. The summed E-state index contributed by atoms with van der Waals surface area (Å²) in [5.74, 6) is -0.0722. The lowest BCUT2D eigenvalue weighted by Crippen LogP contribution is -2.23. The molecule has 1 aromatic carbocycles. The third kappa shape index (κ3) is 4.79.